The molecule has 0 aliphatic carbocycles. The number of hydrogen-bond acceptors (Lipinski definition) is 3. The van der Waals surface area contributed by atoms with Crippen LogP contribution in [0, 0.1) is 0 Å². The van der Waals surface area contributed by atoms with E-state index in [4.69, 9.17) is 4.74 Å². The molecule has 0 radical (unpaired) electrons. The molecule has 0 saturated carbocycles. The van der Waals surface area contributed by atoms with Gasteiger partial charge in [-0.05, 0) is 24.1 Å². The zero-order valence-electron chi connectivity index (χ0n) is 9.94. The summed E-state index contributed by atoms with van der Waals surface area (Å²) in [7, 11) is 1.67. The quantitative estimate of drug-likeness (QED) is 0.891. The zero-order valence-corrected chi connectivity index (χ0v) is 10.8. The summed E-state index contributed by atoms with van der Waals surface area (Å²) in [6.45, 7) is 0.819. The van der Waals surface area contributed by atoms with Gasteiger partial charge in [-0.2, -0.15) is 11.8 Å². The molecule has 1 amide bonds. The van der Waals surface area contributed by atoms with Gasteiger partial charge in [0, 0.05) is 24.0 Å². The molecule has 2 rings (SSSR count). The Hall–Kier alpha value is -1.16. The number of hydrogen-bond donors (Lipinski definition) is 1. The molecule has 3 nitrogen and oxygen atoms in total. The summed E-state index contributed by atoms with van der Waals surface area (Å²) in [6, 6.07) is 8.11. The van der Waals surface area contributed by atoms with Gasteiger partial charge in [0.2, 0.25) is 5.91 Å². The maximum Gasteiger partial charge on any atom is 0.221 e. The molecule has 1 aromatic carbocycles. The van der Waals surface area contributed by atoms with E-state index in [0.29, 0.717) is 11.7 Å². The molecule has 1 aliphatic rings. The lowest BCUT2D eigenvalue weighted by atomic mass is 10.1. The molecular formula is C13H17NO2S. The number of methoxy groups -OCH3 is 1. The predicted molar refractivity (Wildman–Crippen MR) is 70.3 cm³/mol. The van der Waals surface area contributed by atoms with Gasteiger partial charge in [-0.3, -0.25) is 4.79 Å². The van der Waals surface area contributed by atoms with Gasteiger partial charge < -0.3 is 10.1 Å². The van der Waals surface area contributed by atoms with Gasteiger partial charge in [-0.1, -0.05) is 12.1 Å². The first-order valence-corrected chi connectivity index (χ1v) is 6.84. The zero-order chi connectivity index (χ0) is 12.1. The highest BCUT2D eigenvalue weighted by atomic mass is 32.2. The van der Waals surface area contributed by atoms with Crippen molar-refractivity contribution in [2.45, 2.75) is 23.8 Å². The van der Waals surface area contributed by atoms with Crippen molar-refractivity contribution in [3.05, 3.63) is 29.8 Å². The third kappa shape index (κ3) is 3.66. The van der Waals surface area contributed by atoms with Crippen molar-refractivity contribution < 1.29 is 9.53 Å². The summed E-state index contributed by atoms with van der Waals surface area (Å²) in [5, 5.41) is 3.32. The van der Waals surface area contributed by atoms with Crippen LogP contribution >= 0.6 is 11.8 Å². The first kappa shape index (κ1) is 12.3. The van der Waals surface area contributed by atoms with Crippen LogP contribution in [-0.4, -0.2) is 24.8 Å². The molecule has 1 fully saturated rings. The molecule has 1 saturated heterocycles. The Labute approximate surface area is 106 Å². The minimum absolute atomic E-state index is 0.184. The van der Waals surface area contributed by atoms with Crippen LogP contribution in [0.1, 0.15) is 18.4 Å². The van der Waals surface area contributed by atoms with Gasteiger partial charge in [0.15, 0.2) is 0 Å². The van der Waals surface area contributed by atoms with Crippen molar-refractivity contribution in [3.8, 4) is 5.75 Å². The largest absolute Gasteiger partial charge is 0.497 e. The van der Waals surface area contributed by atoms with Crippen molar-refractivity contribution in [1.29, 1.82) is 0 Å². The maximum absolute atomic E-state index is 11.2. The number of piperidine rings is 1. The second-order valence-electron chi connectivity index (χ2n) is 4.12. The van der Waals surface area contributed by atoms with E-state index >= 15 is 0 Å². The van der Waals surface area contributed by atoms with Crippen molar-refractivity contribution in [2.75, 3.05) is 13.7 Å². The Bertz CT molecular complexity index is 378. The van der Waals surface area contributed by atoms with Gasteiger partial charge in [-0.15, -0.1) is 0 Å². The van der Waals surface area contributed by atoms with Gasteiger partial charge >= 0.3 is 0 Å². The number of ether oxygens (including phenoxy) is 1. The lowest BCUT2D eigenvalue weighted by Gasteiger charge is -2.21. The summed E-state index contributed by atoms with van der Waals surface area (Å²) in [5.74, 6) is 2.03. The fourth-order valence-corrected chi connectivity index (χ4v) is 3.01. The summed E-state index contributed by atoms with van der Waals surface area (Å²) >= 11 is 1.87. The Morgan fingerprint density at radius 1 is 1.41 bits per heavy atom. The lowest BCUT2D eigenvalue weighted by Crippen LogP contribution is -2.34. The van der Waals surface area contributed by atoms with E-state index in [-0.39, 0.29) is 5.91 Å². The highest BCUT2D eigenvalue weighted by Crippen LogP contribution is 2.25. The van der Waals surface area contributed by atoms with Crippen molar-refractivity contribution >= 4 is 17.7 Å². The number of carbonyl (C=O) groups excluding carboxylic acids is 1. The van der Waals surface area contributed by atoms with Crippen molar-refractivity contribution in [1.82, 2.24) is 5.32 Å². The molecule has 1 N–H and O–H groups in total. The Morgan fingerprint density at radius 2 is 2.18 bits per heavy atom. The molecule has 1 aromatic rings. The first-order chi connectivity index (χ1) is 8.28. The van der Waals surface area contributed by atoms with Crippen LogP contribution in [0.4, 0.5) is 0 Å². The second-order valence-corrected chi connectivity index (χ2v) is 5.41. The third-order valence-corrected chi connectivity index (χ3v) is 4.22. The number of nitrogens with one attached hydrogen (secondary N) is 1. The van der Waals surface area contributed by atoms with Crippen LogP contribution in [0.15, 0.2) is 24.3 Å². The number of rotatable bonds is 4. The normalized spacial score (nSPS) is 19.8. The summed E-state index contributed by atoms with van der Waals surface area (Å²) < 4.78 is 5.12. The highest BCUT2D eigenvalue weighted by Gasteiger charge is 2.18. The minimum Gasteiger partial charge on any atom is -0.497 e. The first-order valence-electron chi connectivity index (χ1n) is 5.79. The number of carbonyl (C=O) groups is 1. The molecule has 0 aromatic heterocycles. The predicted octanol–water partition coefficient (Wildman–Crippen LogP) is 2.21. The molecule has 1 unspecified atom stereocenters. The Balaban J connectivity index is 1.82. The monoisotopic (exact) mass is 251 g/mol. The van der Waals surface area contributed by atoms with Crippen molar-refractivity contribution in [2.24, 2.45) is 0 Å². The van der Waals surface area contributed by atoms with E-state index < -0.39 is 0 Å². The molecular weight excluding hydrogens is 234 g/mol. The highest BCUT2D eigenvalue weighted by molar-refractivity contribution is 7.99. The molecule has 0 spiro atoms. The molecule has 0 bridgehead atoms. The fourth-order valence-electron chi connectivity index (χ4n) is 1.83. The minimum atomic E-state index is 0.184. The van der Waals surface area contributed by atoms with Crippen LogP contribution in [0.2, 0.25) is 0 Å². The Kier molecular flexibility index (Phi) is 4.31. The standard InChI is InChI=1S/C13H17NO2S/c1-16-11-4-2-10(3-5-11)9-17-12-6-7-14-13(15)8-12/h2-5,12H,6-9H2,1H3,(H,14,15). The van der Waals surface area contributed by atoms with Crippen LogP contribution in [-0.2, 0) is 10.5 Å². The van der Waals surface area contributed by atoms with Crippen LogP contribution in [0.3, 0.4) is 0 Å². The van der Waals surface area contributed by atoms with E-state index in [1.165, 1.54) is 5.56 Å². The molecule has 1 heterocycles. The van der Waals surface area contributed by atoms with Crippen LogP contribution in [0.25, 0.3) is 0 Å². The van der Waals surface area contributed by atoms with Gasteiger partial charge in [-0.25, -0.2) is 0 Å². The van der Waals surface area contributed by atoms with E-state index in [1.807, 2.05) is 23.9 Å². The molecule has 1 aliphatic heterocycles. The van der Waals surface area contributed by atoms with Crippen LogP contribution in [0.5, 0.6) is 5.75 Å². The fraction of sp³-hybridized carbons (Fsp3) is 0.462. The molecule has 4 heteroatoms. The summed E-state index contributed by atoms with van der Waals surface area (Å²) in [5.41, 5.74) is 1.28. The molecule has 92 valence electrons. The van der Waals surface area contributed by atoms with E-state index in [0.717, 1.165) is 24.5 Å². The SMILES string of the molecule is COc1ccc(CSC2CCNC(=O)C2)cc1. The van der Waals surface area contributed by atoms with Crippen LogP contribution < -0.4 is 10.1 Å². The topological polar surface area (TPSA) is 38.3 Å². The maximum atomic E-state index is 11.2. The van der Waals surface area contributed by atoms with E-state index in [1.54, 1.807) is 7.11 Å². The molecule has 1 atom stereocenters. The summed E-state index contributed by atoms with van der Waals surface area (Å²) in [6.07, 6.45) is 1.73. The van der Waals surface area contributed by atoms with Gasteiger partial charge in [0.1, 0.15) is 5.75 Å². The van der Waals surface area contributed by atoms with E-state index in [9.17, 15) is 4.79 Å². The number of amides is 1. The second kappa shape index (κ2) is 5.96. The van der Waals surface area contributed by atoms with E-state index in [2.05, 4.69) is 17.4 Å². The number of benzene rings is 1. The lowest BCUT2D eigenvalue weighted by molar-refractivity contribution is -0.121. The van der Waals surface area contributed by atoms with Crippen molar-refractivity contribution in [3.63, 3.8) is 0 Å². The average molecular weight is 251 g/mol. The average Bonchev–Trinajstić information content (AvgIpc) is 2.37. The van der Waals surface area contributed by atoms with Gasteiger partial charge in [0.05, 0.1) is 7.11 Å². The summed E-state index contributed by atoms with van der Waals surface area (Å²) in [4.78, 5) is 11.2. The Morgan fingerprint density at radius 3 is 2.82 bits per heavy atom. The third-order valence-electron chi connectivity index (χ3n) is 2.85. The number of thioether (sulfide) groups is 1. The smallest absolute Gasteiger partial charge is 0.221 e. The van der Waals surface area contributed by atoms with Gasteiger partial charge in [0.25, 0.3) is 0 Å². The molecule has 17 heavy (non-hydrogen) atoms.